The number of nitrogens with zero attached hydrogens (tertiary/aromatic N) is 4. The van der Waals surface area contributed by atoms with E-state index in [1.54, 1.807) is 0 Å². The number of carbonyl (C=O) groups is 3. The van der Waals surface area contributed by atoms with Crippen molar-refractivity contribution in [3.05, 3.63) is 71.4 Å². The lowest BCUT2D eigenvalue weighted by atomic mass is 10.0. The van der Waals surface area contributed by atoms with Gasteiger partial charge in [-0.25, -0.2) is 14.8 Å². The van der Waals surface area contributed by atoms with E-state index in [-0.39, 0.29) is 46.6 Å². The third-order valence-electron chi connectivity index (χ3n) is 12.2. The third kappa shape index (κ3) is 6.86. The zero-order chi connectivity index (χ0) is 37.9. The number of nitrogens with two attached hydrogens (primary N) is 1. The molecule has 4 aromatic rings. The SMILES string of the molecule is COC(=O)N[C@H](C(=O)N1CC2(CC2)C[C@H]1c1ncc(-c2ccc(C#Cc3ccc4nc([C@@H]5CC6(CC6)CN5C(=O)[C@@H](N)C(C)C)[nH]c4c3)cc2)[nH]1)C(C)C. The lowest BCUT2D eigenvalue weighted by Gasteiger charge is -2.30. The van der Waals surface area contributed by atoms with Gasteiger partial charge in [-0.15, -0.1) is 0 Å². The van der Waals surface area contributed by atoms with Crippen LogP contribution in [-0.2, 0) is 14.3 Å². The van der Waals surface area contributed by atoms with E-state index in [9.17, 15) is 14.4 Å². The number of benzene rings is 2. The number of H-pyrrole nitrogens is 2. The van der Waals surface area contributed by atoms with Crippen molar-refractivity contribution in [2.24, 2.45) is 28.4 Å². The van der Waals surface area contributed by atoms with Crippen molar-refractivity contribution in [1.29, 1.82) is 0 Å². The van der Waals surface area contributed by atoms with Crippen molar-refractivity contribution >= 4 is 28.9 Å². The first-order chi connectivity index (χ1) is 25.9. The number of ether oxygens (including phenoxy) is 1. The van der Waals surface area contributed by atoms with E-state index in [0.717, 1.165) is 90.1 Å². The molecule has 4 fully saturated rings. The number of alkyl carbamates (subject to hydrolysis) is 1. The third-order valence-corrected chi connectivity index (χ3v) is 12.2. The van der Waals surface area contributed by atoms with Gasteiger partial charge in [0.2, 0.25) is 11.8 Å². The van der Waals surface area contributed by atoms with E-state index in [1.165, 1.54) is 7.11 Å². The molecule has 54 heavy (non-hydrogen) atoms. The molecule has 12 heteroatoms. The van der Waals surface area contributed by atoms with Crippen molar-refractivity contribution in [2.75, 3.05) is 20.2 Å². The summed E-state index contributed by atoms with van der Waals surface area (Å²) in [7, 11) is 1.30. The highest BCUT2D eigenvalue weighted by Crippen LogP contribution is 2.59. The van der Waals surface area contributed by atoms with Gasteiger partial charge in [0.15, 0.2) is 0 Å². The summed E-state index contributed by atoms with van der Waals surface area (Å²) in [6.45, 7) is 9.24. The smallest absolute Gasteiger partial charge is 0.407 e. The van der Waals surface area contributed by atoms with Crippen LogP contribution in [0.3, 0.4) is 0 Å². The Hall–Kier alpha value is -5.15. The molecule has 2 aliphatic carbocycles. The second-order valence-corrected chi connectivity index (χ2v) is 16.9. The fourth-order valence-electron chi connectivity index (χ4n) is 8.29. The zero-order valence-electron chi connectivity index (χ0n) is 31.7. The van der Waals surface area contributed by atoms with Crippen LogP contribution in [0.5, 0.6) is 0 Å². The first kappa shape index (κ1) is 35.9. The molecule has 2 aliphatic heterocycles. The molecular weight excluding hydrogens is 681 g/mol. The summed E-state index contributed by atoms with van der Waals surface area (Å²) < 4.78 is 4.80. The van der Waals surface area contributed by atoms with Crippen LogP contribution >= 0.6 is 0 Å². The van der Waals surface area contributed by atoms with Crippen LogP contribution in [-0.4, -0.2) is 79.9 Å². The molecule has 2 aromatic heterocycles. The van der Waals surface area contributed by atoms with E-state index >= 15 is 0 Å². The summed E-state index contributed by atoms with van der Waals surface area (Å²) in [5, 5.41) is 2.74. The molecule has 4 aliphatic rings. The molecule has 2 aromatic carbocycles. The van der Waals surface area contributed by atoms with Gasteiger partial charge in [-0.05, 0) is 97.1 Å². The van der Waals surface area contributed by atoms with Crippen LogP contribution in [0.15, 0.2) is 48.7 Å². The second-order valence-electron chi connectivity index (χ2n) is 16.9. The van der Waals surface area contributed by atoms with Crippen LogP contribution in [0.4, 0.5) is 4.79 Å². The average molecular weight is 731 g/mol. The van der Waals surface area contributed by atoms with E-state index in [1.807, 2.05) is 86.2 Å². The number of rotatable bonds is 8. The highest BCUT2D eigenvalue weighted by atomic mass is 16.5. The highest BCUT2D eigenvalue weighted by Gasteiger charge is 2.56. The fraction of sp³-hybridized carbons (Fsp3) is 0.500. The average Bonchev–Trinajstić information content (AvgIpc) is 3.78. The number of aromatic nitrogens is 4. The van der Waals surface area contributed by atoms with Crippen molar-refractivity contribution in [3.63, 3.8) is 0 Å². The largest absolute Gasteiger partial charge is 0.453 e. The maximum Gasteiger partial charge on any atom is 0.407 e. The lowest BCUT2D eigenvalue weighted by molar-refractivity contribution is -0.136. The molecule has 8 rings (SSSR count). The Bertz CT molecular complexity index is 2150. The van der Waals surface area contributed by atoms with Crippen molar-refractivity contribution in [2.45, 2.75) is 90.4 Å². The Labute approximate surface area is 316 Å². The van der Waals surface area contributed by atoms with Crippen molar-refractivity contribution < 1.29 is 19.1 Å². The second kappa shape index (κ2) is 13.6. The van der Waals surface area contributed by atoms with Crippen molar-refractivity contribution in [1.82, 2.24) is 35.1 Å². The highest BCUT2D eigenvalue weighted by molar-refractivity contribution is 5.87. The number of nitrogens with one attached hydrogen (secondary N) is 3. The number of fused-ring (bicyclic) bond motifs is 1. The number of likely N-dealkylation sites (tertiary alicyclic amines) is 2. The summed E-state index contributed by atoms with van der Waals surface area (Å²) >= 11 is 0. The maximum atomic E-state index is 13.8. The monoisotopic (exact) mass is 730 g/mol. The molecule has 0 unspecified atom stereocenters. The molecule has 0 radical (unpaired) electrons. The molecule has 2 spiro atoms. The molecule has 5 N–H and O–H groups in total. The number of amides is 3. The number of hydrogen-bond donors (Lipinski definition) is 4. The minimum Gasteiger partial charge on any atom is -0.453 e. The van der Waals surface area contributed by atoms with Gasteiger partial charge in [-0.2, -0.15) is 0 Å². The van der Waals surface area contributed by atoms with E-state index in [0.29, 0.717) is 6.54 Å². The van der Waals surface area contributed by atoms with Gasteiger partial charge in [0.05, 0.1) is 48.2 Å². The Morgan fingerprint density at radius 1 is 0.852 bits per heavy atom. The van der Waals surface area contributed by atoms with Crippen LogP contribution in [0, 0.1) is 34.5 Å². The molecule has 4 atom stereocenters. The Morgan fingerprint density at radius 2 is 1.46 bits per heavy atom. The number of hydrogen-bond acceptors (Lipinski definition) is 7. The zero-order valence-corrected chi connectivity index (χ0v) is 31.7. The lowest BCUT2D eigenvalue weighted by Crippen LogP contribution is -2.51. The predicted molar refractivity (Wildman–Crippen MR) is 205 cm³/mol. The number of imidazole rings is 2. The topological polar surface area (TPSA) is 162 Å². The normalized spacial score (nSPS) is 21.8. The molecule has 12 nitrogen and oxygen atoms in total. The van der Waals surface area contributed by atoms with Gasteiger partial charge in [-0.1, -0.05) is 51.7 Å². The standard InChI is InChI=1S/C42H50N8O4/c1-24(2)34(43)38(51)49-22-42(16-17-42)20-33(49)37-45-29-13-10-27(18-30(29)46-37)7-6-26-8-11-28(12-9-26)31-21-44-36(47-31)32-19-41(14-15-41)23-50(32)39(52)35(25(3)4)48-40(53)54-5/h8-13,18,21,24-25,32-35H,14-17,19-20,22-23,43H2,1-5H3,(H,44,47)(H,45,46)(H,48,53)/t32-,33-,34-,35-/m0/s1. The quantitative estimate of drug-likeness (QED) is 0.166. The molecule has 2 saturated carbocycles. The summed E-state index contributed by atoms with van der Waals surface area (Å²) in [6.07, 6.45) is 7.45. The molecule has 282 valence electrons. The number of methoxy groups -OCH3 is 1. The molecule has 3 amide bonds. The summed E-state index contributed by atoms with van der Waals surface area (Å²) in [6, 6.07) is 12.5. The maximum absolute atomic E-state index is 13.8. The van der Waals surface area contributed by atoms with Gasteiger partial charge in [0.25, 0.3) is 0 Å². The van der Waals surface area contributed by atoms with Gasteiger partial charge >= 0.3 is 6.09 Å². The Balaban J connectivity index is 0.959. The summed E-state index contributed by atoms with van der Waals surface area (Å²) in [5.74, 6) is 8.04. The van der Waals surface area contributed by atoms with E-state index < -0.39 is 18.2 Å². The van der Waals surface area contributed by atoms with E-state index in [2.05, 4.69) is 27.1 Å². The Kier molecular flexibility index (Phi) is 9.04. The molecule has 0 bridgehead atoms. The number of aromatic amines is 2. The minimum absolute atomic E-state index is 0.00912. The van der Waals surface area contributed by atoms with E-state index in [4.69, 9.17) is 20.4 Å². The number of carbonyl (C=O) groups excluding carboxylic acids is 3. The fourth-order valence-corrected chi connectivity index (χ4v) is 8.29. The minimum atomic E-state index is -0.681. The van der Waals surface area contributed by atoms with Crippen LogP contribution in [0.25, 0.3) is 22.3 Å². The summed E-state index contributed by atoms with van der Waals surface area (Å²) in [5.41, 5.74) is 12.0. The van der Waals surface area contributed by atoms with Gasteiger partial charge in [-0.3, -0.25) is 9.59 Å². The summed E-state index contributed by atoms with van der Waals surface area (Å²) in [4.78, 5) is 59.8. The molecule has 4 heterocycles. The predicted octanol–water partition coefficient (Wildman–Crippen LogP) is 5.82. The van der Waals surface area contributed by atoms with Crippen LogP contribution < -0.4 is 11.1 Å². The first-order valence-electron chi connectivity index (χ1n) is 19.2. The van der Waals surface area contributed by atoms with Crippen molar-refractivity contribution in [3.8, 4) is 23.1 Å². The Morgan fingerprint density at radius 3 is 2.07 bits per heavy atom. The van der Waals surface area contributed by atoms with Crippen LogP contribution in [0.2, 0.25) is 0 Å². The van der Waals surface area contributed by atoms with Gasteiger partial charge in [0, 0.05) is 24.2 Å². The molecule has 2 saturated heterocycles. The molecular formula is C42H50N8O4. The van der Waals surface area contributed by atoms with Gasteiger partial charge < -0.3 is 35.6 Å². The van der Waals surface area contributed by atoms with Gasteiger partial charge in [0.1, 0.15) is 17.7 Å². The van der Waals surface area contributed by atoms with Crippen LogP contribution in [0.1, 0.15) is 101 Å². The first-order valence-corrected chi connectivity index (χ1v) is 19.2.